The van der Waals surface area contributed by atoms with E-state index in [0.29, 0.717) is 19.5 Å². The summed E-state index contributed by atoms with van der Waals surface area (Å²) in [5.41, 5.74) is 0. The van der Waals surface area contributed by atoms with Crippen molar-refractivity contribution in [3.63, 3.8) is 0 Å². The van der Waals surface area contributed by atoms with Gasteiger partial charge in [0.2, 0.25) is 0 Å². The number of hydrogen-bond donors (Lipinski definition) is 2. The first kappa shape index (κ1) is 17.7. The van der Waals surface area contributed by atoms with E-state index in [1.807, 2.05) is 6.92 Å². The van der Waals surface area contributed by atoms with Crippen molar-refractivity contribution in [3.05, 3.63) is 30.1 Å². The highest BCUT2D eigenvalue weighted by atomic mass is 35.5. The van der Waals surface area contributed by atoms with Crippen molar-refractivity contribution in [2.75, 3.05) is 20.1 Å². The number of benzene rings is 1. The number of para-hydroxylation sites is 1. The summed E-state index contributed by atoms with van der Waals surface area (Å²) in [6.45, 7) is 3.03. The molecular weight excluding hydrogens is 271 g/mol. The van der Waals surface area contributed by atoms with Crippen molar-refractivity contribution in [3.8, 4) is 5.75 Å². The van der Waals surface area contributed by atoms with Crippen LogP contribution in [0.4, 0.5) is 4.39 Å². The van der Waals surface area contributed by atoms with Crippen LogP contribution in [0.25, 0.3) is 0 Å². The highest BCUT2D eigenvalue weighted by Gasteiger charge is 2.18. The maximum Gasteiger partial charge on any atom is 0.261 e. The Bertz CT molecular complexity index is 391. The second kappa shape index (κ2) is 9.58. The molecule has 0 saturated heterocycles. The van der Waals surface area contributed by atoms with Crippen molar-refractivity contribution in [1.82, 2.24) is 10.6 Å². The Morgan fingerprint density at radius 2 is 2.05 bits per heavy atom. The van der Waals surface area contributed by atoms with Crippen LogP contribution in [0.15, 0.2) is 24.3 Å². The molecule has 0 saturated carbocycles. The molecule has 19 heavy (non-hydrogen) atoms. The Kier molecular flexibility index (Phi) is 8.91. The molecule has 1 rings (SSSR count). The molecular formula is C13H20ClFN2O2. The number of nitrogens with one attached hydrogen (secondary N) is 2. The van der Waals surface area contributed by atoms with Gasteiger partial charge < -0.3 is 15.4 Å². The average Bonchev–Trinajstić information content (AvgIpc) is 2.38. The van der Waals surface area contributed by atoms with Crippen LogP contribution in [-0.2, 0) is 4.79 Å². The normalized spacial score (nSPS) is 11.3. The molecule has 1 unspecified atom stereocenters. The van der Waals surface area contributed by atoms with E-state index in [-0.39, 0.29) is 24.1 Å². The zero-order chi connectivity index (χ0) is 13.4. The van der Waals surface area contributed by atoms with E-state index in [2.05, 4.69) is 10.6 Å². The molecule has 0 heterocycles. The number of halogens is 2. The lowest BCUT2D eigenvalue weighted by atomic mass is 10.2. The molecule has 1 aromatic carbocycles. The summed E-state index contributed by atoms with van der Waals surface area (Å²) in [7, 11) is 1.80. The van der Waals surface area contributed by atoms with E-state index in [9.17, 15) is 9.18 Å². The molecule has 1 atom stereocenters. The Balaban J connectivity index is 0.00000324. The first-order valence-electron chi connectivity index (χ1n) is 6.02. The van der Waals surface area contributed by atoms with E-state index < -0.39 is 11.9 Å². The zero-order valence-electron chi connectivity index (χ0n) is 11.1. The van der Waals surface area contributed by atoms with E-state index in [0.717, 1.165) is 0 Å². The second-order valence-corrected chi connectivity index (χ2v) is 3.84. The number of hydrogen-bond acceptors (Lipinski definition) is 3. The van der Waals surface area contributed by atoms with Crippen molar-refractivity contribution in [2.24, 2.45) is 0 Å². The van der Waals surface area contributed by atoms with Gasteiger partial charge in [0, 0.05) is 13.1 Å². The molecule has 0 bridgehead atoms. The first-order valence-corrected chi connectivity index (χ1v) is 6.02. The molecule has 0 fully saturated rings. The minimum Gasteiger partial charge on any atom is -0.478 e. The molecule has 108 valence electrons. The quantitative estimate of drug-likeness (QED) is 0.752. The largest absolute Gasteiger partial charge is 0.478 e. The van der Waals surface area contributed by atoms with Crippen molar-refractivity contribution >= 4 is 18.3 Å². The number of carbonyl (C=O) groups excluding carboxylic acids is 1. The number of carbonyl (C=O) groups is 1. The molecule has 6 heteroatoms. The predicted octanol–water partition coefficient (Wildman–Crippen LogP) is 1.74. The summed E-state index contributed by atoms with van der Waals surface area (Å²) in [6, 6.07) is 6.07. The van der Waals surface area contributed by atoms with Crippen molar-refractivity contribution in [2.45, 2.75) is 19.4 Å². The molecule has 0 aliphatic carbocycles. The number of rotatable bonds is 7. The minimum absolute atomic E-state index is 0. The van der Waals surface area contributed by atoms with Gasteiger partial charge in [0.1, 0.15) is 0 Å². The summed E-state index contributed by atoms with van der Waals surface area (Å²) < 4.78 is 18.8. The number of likely N-dealkylation sites (N-methyl/N-ethyl adjacent to an activating group) is 1. The maximum atomic E-state index is 13.4. The summed E-state index contributed by atoms with van der Waals surface area (Å²) in [4.78, 5) is 11.8. The summed E-state index contributed by atoms with van der Waals surface area (Å²) in [5, 5.41) is 5.65. The van der Waals surface area contributed by atoms with Gasteiger partial charge in [-0.25, -0.2) is 4.39 Å². The fourth-order valence-corrected chi connectivity index (χ4v) is 1.44. The summed E-state index contributed by atoms with van der Waals surface area (Å²) in [5.74, 6) is -0.580. The number of ether oxygens (including phenoxy) is 1. The molecule has 2 N–H and O–H groups in total. The van der Waals surface area contributed by atoms with Crippen molar-refractivity contribution in [1.29, 1.82) is 0 Å². The fourth-order valence-electron chi connectivity index (χ4n) is 1.44. The molecule has 0 spiro atoms. The molecule has 1 aromatic rings. The lowest BCUT2D eigenvalue weighted by Crippen LogP contribution is -2.40. The van der Waals surface area contributed by atoms with Gasteiger partial charge in [-0.3, -0.25) is 4.79 Å². The van der Waals surface area contributed by atoms with Crippen LogP contribution < -0.4 is 15.4 Å². The Morgan fingerprint density at radius 3 is 2.63 bits per heavy atom. The van der Waals surface area contributed by atoms with Crippen molar-refractivity contribution < 1.29 is 13.9 Å². The van der Waals surface area contributed by atoms with Crippen LogP contribution in [-0.4, -0.2) is 32.1 Å². The van der Waals surface area contributed by atoms with Crippen LogP contribution >= 0.6 is 12.4 Å². The van der Waals surface area contributed by atoms with Gasteiger partial charge in [0.05, 0.1) is 0 Å². The van der Waals surface area contributed by atoms with E-state index >= 15 is 0 Å². The SMILES string of the molecule is CCC(Oc1ccccc1F)C(=O)NCCNC.Cl. The molecule has 0 aromatic heterocycles. The summed E-state index contributed by atoms with van der Waals surface area (Å²) >= 11 is 0. The van der Waals surface area contributed by atoms with Gasteiger partial charge >= 0.3 is 0 Å². The molecule has 4 nitrogen and oxygen atoms in total. The zero-order valence-corrected chi connectivity index (χ0v) is 11.9. The van der Waals surface area contributed by atoms with Gasteiger partial charge in [-0.05, 0) is 25.6 Å². The monoisotopic (exact) mass is 290 g/mol. The molecule has 0 radical (unpaired) electrons. The molecule has 0 aliphatic heterocycles. The van der Waals surface area contributed by atoms with Crippen LogP contribution in [0.5, 0.6) is 5.75 Å². The van der Waals surface area contributed by atoms with Crippen LogP contribution in [0, 0.1) is 5.82 Å². The lowest BCUT2D eigenvalue weighted by molar-refractivity contribution is -0.128. The topological polar surface area (TPSA) is 50.4 Å². The van der Waals surface area contributed by atoms with Crippen LogP contribution in [0.2, 0.25) is 0 Å². The maximum absolute atomic E-state index is 13.4. The highest BCUT2D eigenvalue weighted by molar-refractivity contribution is 5.85. The third-order valence-corrected chi connectivity index (χ3v) is 2.44. The predicted molar refractivity (Wildman–Crippen MR) is 75.3 cm³/mol. The van der Waals surface area contributed by atoms with Gasteiger partial charge in [0.15, 0.2) is 17.7 Å². The lowest BCUT2D eigenvalue weighted by Gasteiger charge is -2.17. The Hall–Kier alpha value is -1.33. The third-order valence-electron chi connectivity index (χ3n) is 2.44. The molecule has 1 amide bonds. The van der Waals surface area contributed by atoms with E-state index in [1.54, 1.807) is 19.2 Å². The Morgan fingerprint density at radius 1 is 1.37 bits per heavy atom. The number of amides is 1. The van der Waals surface area contributed by atoms with Gasteiger partial charge in [-0.1, -0.05) is 19.1 Å². The smallest absolute Gasteiger partial charge is 0.261 e. The van der Waals surface area contributed by atoms with E-state index in [4.69, 9.17) is 4.74 Å². The summed E-state index contributed by atoms with van der Waals surface area (Å²) in [6.07, 6.45) is -0.182. The highest BCUT2D eigenvalue weighted by Crippen LogP contribution is 2.17. The first-order chi connectivity index (χ1) is 8.69. The second-order valence-electron chi connectivity index (χ2n) is 3.84. The third kappa shape index (κ3) is 5.89. The fraction of sp³-hybridized carbons (Fsp3) is 0.462. The Labute approximate surface area is 119 Å². The van der Waals surface area contributed by atoms with Crippen LogP contribution in [0.3, 0.4) is 0 Å². The van der Waals surface area contributed by atoms with Gasteiger partial charge in [0.25, 0.3) is 5.91 Å². The standard InChI is InChI=1S/C13H19FN2O2.ClH/c1-3-11(13(17)16-9-8-15-2)18-12-7-5-4-6-10(12)14;/h4-7,11,15H,3,8-9H2,1-2H3,(H,16,17);1H. The van der Waals surface area contributed by atoms with Gasteiger partial charge in [-0.2, -0.15) is 0 Å². The minimum atomic E-state index is -0.668. The average molecular weight is 291 g/mol. The van der Waals surface area contributed by atoms with E-state index in [1.165, 1.54) is 12.1 Å². The van der Waals surface area contributed by atoms with Crippen LogP contribution in [0.1, 0.15) is 13.3 Å². The van der Waals surface area contributed by atoms with Gasteiger partial charge in [-0.15, -0.1) is 12.4 Å². The molecule has 0 aliphatic rings.